The van der Waals surface area contributed by atoms with E-state index in [1.54, 1.807) is 11.2 Å². The molecule has 1 aliphatic rings. The van der Waals surface area contributed by atoms with Crippen LogP contribution in [0.25, 0.3) is 0 Å². The van der Waals surface area contributed by atoms with Gasteiger partial charge in [0.15, 0.2) is 0 Å². The first kappa shape index (κ1) is 15.9. The molecule has 0 aliphatic carbocycles. The molecule has 0 aromatic rings. The number of rotatable bonds is 6. The molecule has 0 spiro atoms. The van der Waals surface area contributed by atoms with E-state index in [1.165, 1.54) is 4.31 Å². The Morgan fingerprint density at radius 3 is 2.00 bits per heavy atom. The summed E-state index contributed by atoms with van der Waals surface area (Å²) in [6.45, 7) is 7.72. The molecule has 5 nitrogen and oxygen atoms in total. The van der Waals surface area contributed by atoms with Crippen molar-refractivity contribution in [1.29, 1.82) is 0 Å². The summed E-state index contributed by atoms with van der Waals surface area (Å²) < 4.78 is 28.0. The van der Waals surface area contributed by atoms with Crippen LogP contribution in [-0.4, -0.2) is 53.9 Å². The molecule has 1 heterocycles. The van der Waals surface area contributed by atoms with Gasteiger partial charge in [-0.25, -0.2) is 0 Å². The van der Waals surface area contributed by atoms with Gasteiger partial charge in [-0.2, -0.15) is 17.0 Å². The number of hydrogen-bond donors (Lipinski definition) is 1. The Bertz CT molecular complexity index is 338. The van der Waals surface area contributed by atoms with Crippen molar-refractivity contribution in [2.45, 2.75) is 52.1 Å². The second kappa shape index (κ2) is 6.32. The predicted molar refractivity (Wildman–Crippen MR) is 72.5 cm³/mol. The van der Waals surface area contributed by atoms with E-state index in [0.717, 1.165) is 12.8 Å². The monoisotopic (exact) mass is 278 g/mol. The topological polar surface area (TPSA) is 60.9 Å². The lowest BCUT2D eigenvalue weighted by molar-refractivity contribution is 0.0115. The van der Waals surface area contributed by atoms with Gasteiger partial charge in [0.05, 0.1) is 5.60 Å². The quantitative estimate of drug-likeness (QED) is 0.794. The van der Waals surface area contributed by atoms with Crippen LogP contribution < -0.4 is 0 Å². The van der Waals surface area contributed by atoms with Gasteiger partial charge in [-0.3, -0.25) is 0 Å². The van der Waals surface area contributed by atoms with E-state index in [1.807, 2.05) is 13.8 Å². The maximum Gasteiger partial charge on any atom is 0.281 e. The molecule has 0 unspecified atom stereocenters. The molecular formula is C12H26N2O3S. The summed E-state index contributed by atoms with van der Waals surface area (Å²) in [5.74, 6) is 0. The van der Waals surface area contributed by atoms with E-state index >= 15 is 0 Å². The maximum absolute atomic E-state index is 12.4. The number of aliphatic hydroxyl groups is 1. The van der Waals surface area contributed by atoms with E-state index in [-0.39, 0.29) is 0 Å². The van der Waals surface area contributed by atoms with Gasteiger partial charge in [-0.1, -0.05) is 13.8 Å². The van der Waals surface area contributed by atoms with E-state index in [4.69, 9.17) is 0 Å². The fourth-order valence-electron chi connectivity index (χ4n) is 2.20. The maximum atomic E-state index is 12.4. The molecule has 0 aromatic carbocycles. The molecular weight excluding hydrogens is 252 g/mol. The molecule has 0 saturated carbocycles. The Labute approximate surface area is 111 Å². The SMILES string of the molecule is CCCN(CCC)S(=O)(=O)N1CCC(C)(O)CC1. The van der Waals surface area contributed by atoms with Crippen LogP contribution in [0.2, 0.25) is 0 Å². The van der Waals surface area contributed by atoms with Crippen molar-refractivity contribution in [2.24, 2.45) is 0 Å². The highest BCUT2D eigenvalue weighted by molar-refractivity contribution is 7.86. The predicted octanol–water partition coefficient (Wildman–Crippen LogP) is 1.20. The van der Waals surface area contributed by atoms with Crippen molar-refractivity contribution in [3.8, 4) is 0 Å². The zero-order valence-corrected chi connectivity index (χ0v) is 12.5. The molecule has 0 aromatic heterocycles. The Morgan fingerprint density at radius 2 is 1.61 bits per heavy atom. The zero-order chi connectivity index (χ0) is 13.8. The fourth-order valence-corrected chi connectivity index (χ4v) is 4.00. The molecule has 1 saturated heterocycles. The second-order valence-electron chi connectivity index (χ2n) is 5.30. The van der Waals surface area contributed by atoms with Crippen LogP contribution >= 0.6 is 0 Å². The van der Waals surface area contributed by atoms with Crippen LogP contribution in [0, 0.1) is 0 Å². The Balaban J connectivity index is 2.73. The Hall–Kier alpha value is -0.170. The summed E-state index contributed by atoms with van der Waals surface area (Å²) in [7, 11) is -3.34. The number of hydrogen-bond acceptors (Lipinski definition) is 3. The standard InChI is InChI=1S/C12H26N2O3S/c1-4-8-13(9-5-2)18(16,17)14-10-6-12(3,15)7-11-14/h15H,4-11H2,1-3H3. The first-order chi connectivity index (χ1) is 8.33. The number of piperidine rings is 1. The van der Waals surface area contributed by atoms with Crippen molar-refractivity contribution >= 4 is 10.2 Å². The molecule has 1 N–H and O–H groups in total. The highest BCUT2D eigenvalue weighted by atomic mass is 32.2. The third kappa shape index (κ3) is 3.91. The van der Waals surface area contributed by atoms with Crippen LogP contribution in [0.15, 0.2) is 0 Å². The van der Waals surface area contributed by atoms with Crippen molar-refractivity contribution in [1.82, 2.24) is 8.61 Å². The lowest BCUT2D eigenvalue weighted by Crippen LogP contribution is -2.50. The van der Waals surface area contributed by atoms with Crippen molar-refractivity contribution in [3.05, 3.63) is 0 Å². The molecule has 0 atom stereocenters. The third-order valence-electron chi connectivity index (χ3n) is 3.40. The molecule has 1 aliphatic heterocycles. The summed E-state index contributed by atoms with van der Waals surface area (Å²) >= 11 is 0. The van der Waals surface area contributed by atoms with E-state index in [2.05, 4.69) is 0 Å². The van der Waals surface area contributed by atoms with Gasteiger partial charge in [0.2, 0.25) is 0 Å². The number of nitrogens with zero attached hydrogens (tertiary/aromatic N) is 2. The van der Waals surface area contributed by atoms with Crippen LogP contribution in [-0.2, 0) is 10.2 Å². The first-order valence-corrected chi connectivity index (χ1v) is 8.21. The van der Waals surface area contributed by atoms with Crippen LogP contribution in [0.4, 0.5) is 0 Å². The summed E-state index contributed by atoms with van der Waals surface area (Å²) in [6, 6.07) is 0. The molecule has 108 valence electrons. The summed E-state index contributed by atoms with van der Waals surface area (Å²) in [5, 5.41) is 9.87. The highest BCUT2D eigenvalue weighted by Gasteiger charge is 2.35. The van der Waals surface area contributed by atoms with Gasteiger partial charge >= 0.3 is 0 Å². The average Bonchev–Trinajstić information content (AvgIpc) is 2.28. The largest absolute Gasteiger partial charge is 0.390 e. The normalized spacial score (nSPS) is 21.4. The molecule has 6 heteroatoms. The lowest BCUT2D eigenvalue weighted by Gasteiger charge is -2.37. The summed E-state index contributed by atoms with van der Waals surface area (Å²) in [6.07, 6.45) is 2.67. The Kier molecular flexibility index (Phi) is 5.58. The van der Waals surface area contributed by atoms with Gasteiger partial charge in [0, 0.05) is 26.2 Å². The molecule has 1 rings (SSSR count). The van der Waals surface area contributed by atoms with Crippen LogP contribution in [0.1, 0.15) is 46.5 Å². The molecule has 0 amide bonds. The van der Waals surface area contributed by atoms with Gasteiger partial charge in [-0.15, -0.1) is 0 Å². The smallest absolute Gasteiger partial charge is 0.281 e. The fraction of sp³-hybridized carbons (Fsp3) is 1.00. The van der Waals surface area contributed by atoms with Gasteiger partial charge in [0.1, 0.15) is 0 Å². The minimum absolute atomic E-state index is 0.416. The molecule has 0 radical (unpaired) electrons. The van der Waals surface area contributed by atoms with Crippen LogP contribution in [0.3, 0.4) is 0 Å². The molecule has 18 heavy (non-hydrogen) atoms. The van der Waals surface area contributed by atoms with Gasteiger partial charge < -0.3 is 5.11 Å². The first-order valence-electron chi connectivity index (χ1n) is 6.81. The average molecular weight is 278 g/mol. The van der Waals surface area contributed by atoms with Crippen molar-refractivity contribution < 1.29 is 13.5 Å². The van der Waals surface area contributed by atoms with E-state index < -0.39 is 15.8 Å². The summed E-state index contributed by atoms with van der Waals surface area (Å²) in [5.41, 5.74) is -0.716. The van der Waals surface area contributed by atoms with E-state index in [0.29, 0.717) is 39.0 Å². The van der Waals surface area contributed by atoms with Crippen LogP contribution in [0.5, 0.6) is 0 Å². The third-order valence-corrected chi connectivity index (χ3v) is 5.43. The molecule has 1 fully saturated rings. The highest BCUT2D eigenvalue weighted by Crippen LogP contribution is 2.24. The minimum atomic E-state index is -3.34. The second-order valence-corrected chi connectivity index (χ2v) is 7.23. The zero-order valence-electron chi connectivity index (χ0n) is 11.7. The van der Waals surface area contributed by atoms with E-state index in [9.17, 15) is 13.5 Å². The van der Waals surface area contributed by atoms with Crippen molar-refractivity contribution in [2.75, 3.05) is 26.2 Å². The van der Waals surface area contributed by atoms with Gasteiger partial charge in [0.25, 0.3) is 10.2 Å². The van der Waals surface area contributed by atoms with Gasteiger partial charge in [-0.05, 0) is 32.6 Å². The van der Waals surface area contributed by atoms with Crippen molar-refractivity contribution in [3.63, 3.8) is 0 Å². The molecule has 0 bridgehead atoms. The lowest BCUT2D eigenvalue weighted by atomic mass is 9.95. The summed E-state index contributed by atoms with van der Waals surface area (Å²) in [4.78, 5) is 0. The Morgan fingerprint density at radius 1 is 1.17 bits per heavy atom. The minimum Gasteiger partial charge on any atom is -0.390 e.